The Kier molecular flexibility index (Phi) is 8.08. The van der Waals surface area contributed by atoms with Gasteiger partial charge in [0.05, 0.1) is 17.1 Å². The SMILES string of the molecule is c1ccc(-c2cc(-c3ccc(-c4ccc(-c5nc(-c6ccccc6)n6c(-c7ccccc7)c7ccccc7c6n5)cc4)cc3)nc(-c3ccccc3)n2)cc1. The fraction of sp³-hybridized carbons (Fsp3) is 0. The van der Waals surface area contributed by atoms with Crippen LogP contribution in [-0.4, -0.2) is 24.3 Å². The third-order valence-corrected chi connectivity index (χ3v) is 10.1. The Balaban J connectivity index is 1.03. The number of hydrogen-bond donors (Lipinski definition) is 0. The molecule has 0 atom stereocenters. The largest absolute Gasteiger partial charge is 0.277 e. The van der Waals surface area contributed by atoms with Crippen LogP contribution in [0.5, 0.6) is 0 Å². The molecule has 3 aromatic heterocycles. The Morgan fingerprint density at radius 3 is 1.27 bits per heavy atom. The second-order valence-electron chi connectivity index (χ2n) is 13.5. The van der Waals surface area contributed by atoms with E-state index in [1.54, 1.807) is 0 Å². The minimum atomic E-state index is 0.684. The molecule has 0 radical (unpaired) electrons. The smallest absolute Gasteiger partial charge is 0.163 e. The third-order valence-electron chi connectivity index (χ3n) is 10.1. The lowest BCUT2D eigenvalue weighted by Gasteiger charge is -2.12. The fourth-order valence-electron chi connectivity index (χ4n) is 7.33. The predicted octanol–water partition coefficient (Wildman–Crippen LogP) is 12.3. The van der Waals surface area contributed by atoms with Crippen molar-refractivity contribution in [2.24, 2.45) is 0 Å². The van der Waals surface area contributed by atoms with E-state index in [0.717, 1.165) is 83.8 Å². The molecule has 0 bridgehead atoms. The number of fused-ring (bicyclic) bond motifs is 3. The van der Waals surface area contributed by atoms with Gasteiger partial charge in [-0.05, 0) is 22.8 Å². The molecule has 0 aliphatic carbocycles. The van der Waals surface area contributed by atoms with Gasteiger partial charge < -0.3 is 0 Å². The van der Waals surface area contributed by atoms with Gasteiger partial charge in [0.2, 0.25) is 0 Å². The van der Waals surface area contributed by atoms with Crippen molar-refractivity contribution < 1.29 is 0 Å². The van der Waals surface area contributed by atoms with Crippen LogP contribution in [0, 0.1) is 0 Å². The molecule has 10 aromatic rings. The van der Waals surface area contributed by atoms with Gasteiger partial charge in [0.15, 0.2) is 11.6 Å². The predicted molar refractivity (Wildman–Crippen MR) is 224 cm³/mol. The minimum absolute atomic E-state index is 0.684. The Morgan fingerprint density at radius 1 is 0.291 bits per heavy atom. The van der Waals surface area contributed by atoms with Crippen LogP contribution in [0.2, 0.25) is 0 Å². The fourth-order valence-corrected chi connectivity index (χ4v) is 7.33. The first-order chi connectivity index (χ1) is 27.3. The van der Waals surface area contributed by atoms with Gasteiger partial charge in [-0.25, -0.2) is 19.9 Å². The quantitative estimate of drug-likeness (QED) is 0.166. The highest BCUT2D eigenvalue weighted by Crippen LogP contribution is 2.38. The highest BCUT2D eigenvalue weighted by atomic mass is 15.1. The zero-order chi connectivity index (χ0) is 36.6. The summed E-state index contributed by atoms with van der Waals surface area (Å²) in [6.45, 7) is 0. The molecule has 258 valence electrons. The number of aromatic nitrogens is 5. The van der Waals surface area contributed by atoms with Crippen LogP contribution in [-0.2, 0) is 0 Å². The molecule has 55 heavy (non-hydrogen) atoms. The summed E-state index contributed by atoms with van der Waals surface area (Å²) in [5.41, 5.74) is 12.1. The van der Waals surface area contributed by atoms with Gasteiger partial charge in [0, 0.05) is 38.6 Å². The normalized spacial score (nSPS) is 11.3. The molecule has 7 aromatic carbocycles. The summed E-state index contributed by atoms with van der Waals surface area (Å²) >= 11 is 0. The summed E-state index contributed by atoms with van der Waals surface area (Å²) in [5, 5.41) is 2.24. The molecule has 0 amide bonds. The summed E-state index contributed by atoms with van der Waals surface area (Å²) in [4.78, 5) is 20.5. The summed E-state index contributed by atoms with van der Waals surface area (Å²) in [6, 6.07) is 69.0. The monoisotopic (exact) mass is 703 g/mol. The summed E-state index contributed by atoms with van der Waals surface area (Å²) in [6.07, 6.45) is 0. The van der Waals surface area contributed by atoms with Gasteiger partial charge in [0.25, 0.3) is 0 Å². The van der Waals surface area contributed by atoms with Crippen molar-refractivity contribution >= 4 is 16.4 Å². The van der Waals surface area contributed by atoms with Crippen LogP contribution in [0.4, 0.5) is 0 Å². The van der Waals surface area contributed by atoms with Crippen LogP contribution in [0.25, 0.3) is 95.5 Å². The van der Waals surface area contributed by atoms with Crippen molar-refractivity contribution in [1.29, 1.82) is 0 Å². The van der Waals surface area contributed by atoms with E-state index in [0.29, 0.717) is 11.6 Å². The van der Waals surface area contributed by atoms with E-state index in [2.05, 4.69) is 156 Å². The molecule has 0 spiro atoms. The van der Waals surface area contributed by atoms with E-state index in [4.69, 9.17) is 19.9 Å². The molecule has 5 nitrogen and oxygen atoms in total. The van der Waals surface area contributed by atoms with Crippen molar-refractivity contribution in [1.82, 2.24) is 24.3 Å². The van der Waals surface area contributed by atoms with Gasteiger partial charge in [0.1, 0.15) is 11.5 Å². The second-order valence-corrected chi connectivity index (χ2v) is 13.5. The lowest BCUT2D eigenvalue weighted by Crippen LogP contribution is -2.03. The Bertz CT molecular complexity index is 2870. The van der Waals surface area contributed by atoms with Gasteiger partial charge in [-0.2, -0.15) is 0 Å². The van der Waals surface area contributed by atoms with Crippen molar-refractivity contribution in [2.45, 2.75) is 0 Å². The van der Waals surface area contributed by atoms with Crippen LogP contribution in [0.15, 0.2) is 200 Å². The third kappa shape index (κ3) is 6.04. The summed E-state index contributed by atoms with van der Waals surface area (Å²) in [5.74, 6) is 2.24. The molecule has 0 saturated heterocycles. The Hall–Kier alpha value is -7.50. The summed E-state index contributed by atoms with van der Waals surface area (Å²) in [7, 11) is 0. The maximum Gasteiger partial charge on any atom is 0.163 e. The molecule has 0 aliphatic rings. The van der Waals surface area contributed by atoms with Crippen LogP contribution >= 0.6 is 0 Å². The van der Waals surface area contributed by atoms with E-state index >= 15 is 0 Å². The molecule has 0 fully saturated rings. The lowest BCUT2D eigenvalue weighted by atomic mass is 10.0. The highest BCUT2D eigenvalue weighted by Gasteiger charge is 2.21. The molecule has 0 unspecified atom stereocenters. The lowest BCUT2D eigenvalue weighted by molar-refractivity contribution is 1.05. The first-order valence-corrected chi connectivity index (χ1v) is 18.4. The van der Waals surface area contributed by atoms with Gasteiger partial charge >= 0.3 is 0 Å². The zero-order valence-corrected chi connectivity index (χ0v) is 29.8. The van der Waals surface area contributed by atoms with Gasteiger partial charge in [-0.1, -0.05) is 194 Å². The Morgan fingerprint density at radius 2 is 0.691 bits per heavy atom. The number of hydrogen-bond acceptors (Lipinski definition) is 4. The molecule has 0 N–H and O–H groups in total. The first kappa shape index (κ1) is 32.2. The van der Waals surface area contributed by atoms with Crippen LogP contribution in [0.1, 0.15) is 0 Å². The van der Waals surface area contributed by atoms with E-state index in [1.165, 1.54) is 0 Å². The number of benzene rings is 7. The molecular weight excluding hydrogens is 671 g/mol. The maximum absolute atomic E-state index is 5.27. The van der Waals surface area contributed by atoms with Crippen molar-refractivity contribution in [3.8, 4) is 79.1 Å². The average Bonchev–Trinajstić information content (AvgIpc) is 3.61. The number of nitrogens with zero attached hydrogens (tertiary/aromatic N) is 5. The Labute approximate surface area is 319 Å². The topological polar surface area (TPSA) is 56.0 Å². The highest BCUT2D eigenvalue weighted by molar-refractivity contribution is 6.06. The molecule has 10 rings (SSSR count). The van der Waals surface area contributed by atoms with Gasteiger partial charge in [-0.3, -0.25) is 4.40 Å². The van der Waals surface area contributed by atoms with Crippen LogP contribution in [0.3, 0.4) is 0 Å². The zero-order valence-electron chi connectivity index (χ0n) is 29.8. The second kappa shape index (κ2) is 13.8. The van der Waals surface area contributed by atoms with Crippen molar-refractivity contribution in [3.63, 3.8) is 0 Å². The molecule has 0 saturated carbocycles. The van der Waals surface area contributed by atoms with E-state index in [1.807, 2.05) is 48.5 Å². The number of rotatable bonds is 7. The van der Waals surface area contributed by atoms with E-state index in [9.17, 15) is 0 Å². The standard InChI is InChI=1S/C50H33N5/c1-5-15-36(16-6-1)44-33-45(52-47(51-44)39-19-9-3-10-20-39)37-29-25-34(26-30-37)35-27-31-40(32-28-35)48-53-49(41-21-11-4-12-22-41)55-46(38-17-7-2-8-18-38)42-23-13-14-24-43(42)50(55)54-48/h1-33H. The summed E-state index contributed by atoms with van der Waals surface area (Å²) < 4.78 is 2.22. The maximum atomic E-state index is 5.27. The van der Waals surface area contributed by atoms with Gasteiger partial charge in [-0.15, -0.1) is 0 Å². The van der Waals surface area contributed by atoms with Crippen molar-refractivity contribution in [2.75, 3.05) is 0 Å². The average molecular weight is 704 g/mol. The van der Waals surface area contributed by atoms with Crippen molar-refractivity contribution in [3.05, 3.63) is 200 Å². The first-order valence-electron chi connectivity index (χ1n) is 18.4. The molecule has 5 heteroatoms. The molecule has 3 heterocycles. The minimum Gasteiger partial charge on any atom is -0.277 e. The van der Waals surface area contributed by atoms with Crippen LogP contribution < -0.4 is 0 Å². The van der Waals surface area contributed by atoms with E-state index in [-0.39, 0.29) is 0 Å². The van der Waals surface area contributed by atoms with E-state index < -0.39 is 0 Å². The molecular formula is C50H33N5. The molecule has 0 aliphatic heterocycles.